The minimum Gasteiger partial charge on any atom is -0.471 e. The lowest BCUT2D eigenvalue weighted by Crippen LogP contribution is -2.06. The maximum atomic E-state index is 6.25. The zero-order chi connectivity index (χ0) is 23.6. The van der Waals surface area contributed by atoms with Crippen molar-refractivity contribution in [1.82, 2.24) is 34.3 Å². The molecule has 0 amide bonds. The third-order valence-corrected chi connectivity index (χ3v) is 7.40. The fourth-order valence-electron chi connectivity index (χ4n) is 4.16. The molecule has 8 nitrogen and oxygen atoms in total. The van der Waals surface area contributed by atoms with Crippen molar-refractivity contribution in [3.05, 3.63) is 64.2 Å². The highest BCUT2D eigenvalue weighted by Crippen LogP contribution is 2.35. The lowest BCUT2D eigenvalue weighted by Gasteiger charge is -2.09. The molecule has 0 saturated carbocycles. The molecule has 0 bridgehead atoms. The van der Waals surface area contributed by atoms with Crippen LogP contribution in [0.15, 0.2) is 36.8 Å². The van der Waals surface area contributed by atoms with Gasteiger partial charge in [0, 0.05) is 22.3 Å². The Kier molecular flexibility index (Phi) is 4.79. The summed E-state index contributed by atoms with van der Waals surface area (Å²) in [6.45, 7) is 8.28. The number of thiophene rings is 1. The van der Waals surface area contributed by atoms with Crippen molar-refractivity contribution in [1.29, 1.82) is 0 Å². The Morgan fingerprint density at radius 1 is 1.00 bits per heavy atom. The first-order valence-electron chi connectivity index (χ1n) is 10.7. The van der Waals surface area contributed by atoms with Gasteiger partial charge in [0.25, 0.3) is 0 Å². The highest BCUT2D eigenvalue weighted by molar-refractivity contribution is 7.26. The van der Waals surface area contributed by atoms with Crippen molar-refractivity contribution in [2.24, 2.45) is 0 Å². The van der Waals surface area contributed by atoms with E-state index in [9.17, 15) is 0 Å². The molecule has 0 aliphatic rings. The molecule has 0 N–H and O–H groups in total. The Bertz CT molecular complexity index is 1710. The molecule has 34 heavy (non-hydrogen) atoms. The molecule has 0 radical (unpaired) electrons. The van der Waals surface area contributed by atoms with Crippen molar-refractivity contribution in [3.63, 3.8) is 0 Å². The number of fused-ring (bicyclic) bond motifs is 5. The van der Waals surface area contributed by atoms with Crippen LogP contribution in [0.25, 0.3) is 37.6 Å². The molecule has 170 valence electrons. The first-order chi connectivity index (χ1) is 16.4. The van der Waals surface area contributed by atoms with Crippen molar-refractivity contribution in [2.45, 2.75) is 34.4 Å². The van der Waals surface area contributed by atoms with E-state index in [4.69, 9.17) is 26.3 Å². The van der Waals surface area contributed by atoms with E-state index in [2.05, 4.69) is 28.2 Å². The molecule has 0 spiro atoms. The summed E-state index contributed by atoms with van der Waals surface area (Å²) in [7, 11) is 0. The fourth-order valence-corrected chi connectivity index (χ4v) is 5.49. The van der Waals surface area contributed by atoms with Crippen LogP contribution in [0.5, 0.6) is 5.75 Å². The quantitative estimate of drug-likeness (QED) is 0.317. The van der Waals surface area contributed by atoms with Gasteiger partial charge < -0.3 is 4.74 Å². The summed E-state index contributed by atoms with van der Waals surface area (Å²) in [6.07, 6.45) is 3.55. The summed E-state index contributed by atoms with van der Waals surface area (Å²) in [5.41, 5.74) is 6.43. The van der Waals surface area contributed by atoms with Crippen LogP contribution >= 0.6 is 22.9 Å². The van der Waals surface area contributed by atoms with Crippen LogP contribution < -0.4 is 4.74 Å². The van der Waals surface area contributed by atoms with Gasteiger partial charge in [0.05, 0.1) is 5.52 Å². The van der Waals surface area contributed by atoms with E-state index in [-0.39, 0.29) is 6.73 Å². The predicted octanol–water partition coefficient (Wildman–Crippen LogP) is 5.67. The number of nitrogens with zero attached hydrogens (tertiary/aromatic N) is 7. The molecule has 0 atom stereocenters. The smallest absolute Gasteiger partial charge is 0.202 e. The van der Waals surface area contributed by atoms with Gasteiger partial charge in [-0.25, -0.2) is 24.1 Å². The van der Waals surface area contributed by atoms with Crippen LogP contribution in [-0.2, 0) is 6.73 Å². The zero-order valence-corrected chi connectivity index (χ0v) is 20.6. The van der Waals surface area contributed by atoms with Gasteiger partial charge in [0.1, 0.15) is 27.3 Å². The fraction of sp³-hybridized carbons (Fsp3) is 0.208. The van der Waals surface area contributed by atoms with Crippen LogP contribution in [0.4, 0.5) is 0 Å². The highest BCUT2D eigenvalue weighted by Gasteiger charge is 2.17. The second kappa shape index (κ2) is 7.75. The summed E-state index contributed by atoms with van der Waals surface area (Å²) in [5.74, 6) is 1.28. The Hall–Kier alpha value is -3.56. The average molecular weight is 490 g/mol. The Morgan fingerprint density at radius 2 is 1.79 bits per heavy atom. The van der Waals surface area contributed by atoms with Gasteiger partial charge in [0.15, 0.2) is 12.4 Å². The molecule has 0 fully saturated rings. The van der Waals surface area contributed by atoms with Crippen LogP contribution in [0.3, 0.4) is 0 Å². The third kappa shape index (κ3) is 3.39. The monoisotopic (exact) mass is 489 g/mol. The van der Waals surface area contributed by atoms with Gasteiger partial charge in [-0.15, -0.1) is 16.4 Å². The van der Waals surface area contributed by atoms with E-state index in [1.165, 1.54) is 0 Å². The molecule has 6 rings (SSSR count). The lowest BCUT2D eigenvalue weighted by atomic mass is 10.1. The van der Waals surface area contributed by atoms with Crippen LogP contribution in [0, 0.1) is 27.7 Å². The van der Waals surface area contributed by atoms with Crippen LogP contribution in [-0.4, -0.2) is 34.3 Å². The molecule has 10 heteroatoms. The standard InChI is InChI=1S/C24H20ClN7OS/c1-12-7-15(4)27-24-18(12)20-21(34-24)23-28-22(30-32(23)10-26-20)17-5-6-31(29-17)11-33-16-8-13(2)19(25)14(3)9-16/h5-10H,11H2,1-4H3. The van der Waals surface area contributed by atoms with Gasteiger partial charge in [-0.05, 0) is 68.7 Å². The minimum absolute atomic E-state index is 0.264. The minimum atomic E-state index is 0.264. The Balaban J connectivity index is 1.33. The van der Waals surface area contributed by atoms with Crippen LogP contribution in [0.2, 0.25) is 5.02 Å². The van der Waals surface area contributed by atoms with Crippen LogP contribution in [0.1, 0.15) is 22.4 Å². The van der Waals surface area contributed by atoms with Gasteiger partial charge in [-0.2, -0.15) is 5.10 Å². The van der Waals surface area contributed by atoms with Gasteiger partial charge >= 0.3 is 0 Å². The second-order valence-corrected chi connectivity index (χ2v) is 9.75. The van der Waals surface area contributed by atoms with Crippen molar-refractivity contribution in [2.75, 3.05) is 0 Å². The van der Waals surface area contributed by atoms with E-state index >= 15 is 0 Å². The molecule has 1 aromatic carbocycles. The maximum Gasteiger partial charge on any atom is 0.202 e. The van der Waals surface area contributed by atoms with E-state index in [1.807, 2.05) is 45.2 Å². The van der Waals surface area contributed by atoms with Gasteiger partial charge in [-0.3, -0.25) is 0 Å². The third-order valence-electron chi connectivity index (χ3n) is 5.74. The zero-order valence-electron chi connectivity index (χ0n) is 19.0. The number of pyridine rings is 1. The number of hydrogen-bond acceptors (Lipinski definition) is 7. The van der Waals surface area contributed by atoms with Crippen molar-refractivity contribution >= 4 is 49.0 Å². The molecule has 5 aromatic heterocycles. The second-order valence-electron chi connectivity index (χ2n) is 8.37. The van der Waals surface area contributed by atoms with E-state index in [0.717, 1.165) is 59.2 Å². The summed E-state index contributed by atoms with van der Waals surface area (Å²) >= 11 is 7.84. The number of aryl methyl sites for hydroxylation is 4. The molecule has 0 aliphatic carbocycles. The molecule has 6 aromatic rings. The Labute approximate surface area is 203 Å². The largest absolute Gasteiger partial charge is 0.471 e. The highest BCUT2D eigenvalue weighted by atomic mass is 35.5. The van der Waals surface area contributed by atoms with Gasteiger partial charge in [-0.1, -0.05) is 11.6 Å². The molecule has 0 saturated heterocycles. The summed E-state index contributed by atoms with van der Waals surface area (Å²) in [5, 5.41) is 11.0. The first kappa shape index (κ1) is 21.0. The SMILES string of the molecule is Cc1cc(C)c2c(n1)sc1c2ncn2nc(-c3ccn(COc4cc(C)c(Cl)c(C)c4)n3)nc12. The number of rotatable bonds is 4. The first-order valence-corrected chi connectivity index (χ1v) is 11.9. The molecular formula is C24H20ClN7OS. The summed E-state index contributed by atoms with van der Waals surface area (Å²) in [6, 6.07) is 7.80. The topological polar surface area (TPSA) is 83.0 Å². The summed E-state index contributed by atoms with van der Waals surface area (Å²) in [4.78, 5) is 15.1. The normalized spacial score (nSPS) is 11.8. The number of aromatic nitrogens is 7. The van der Waals surface area contributed by atoms with Crippen molar-refractivity contribution < 1.29 is 4.74 Å². The maximum absolute atomic E-state index is 6.25. The molecule has 5 heterocycles. The molecule has 0 unspecified atom stereocenters. The predicted molar refractivity (Wildman–Crippen MR) is 134 cm³/mol. The van der Waals surface area contributed by atoms with Crippen molar-refractivity contribution in [3.8, 4) is 17.3 Å². The number of benzene rings is 1. The lowest BCUT2D eigenvalue weighted by molar-refractivity contribution is 0.221. The molecule has 0 aliphatic heterocycles. The molecular weight excluding hydrogens is 470 g/mol. The van der Waals surface area contributed by atoms with E-state index in [1.54, 1.807) is 26.9 Å². The number of halogens is 1. The number of hydrogen-bond donors (Lipinski definition) is 0. The average Bonchev–Trinajstić information content (AvgIpc) is 3.51. The number of ether oxygens (including phenoxy) is 1. The van der Waals surface area contributed by atoms with E-state index in [0.29, 0.717) is 11.5 Å². The Morgan fingerprint density at radius 3 is 2.59 bits per heavy atom. The van der Waals surface area contributed by atoms with E-state index < -0.39 is 0 Å². The van der Waals surface area contributed by atoms with Gasteiger partial charge in [0.2, 0.25) is 5.82 Å². The summed E-state index contributed by atoms with van der Waals surface area (Å²) < 4.78 is 10.3.